The Hall–Kier alpha value is -3.16. The van der Waals surface area contributed by atoms with Crippen LogP contribution in [0.4, 0.5) is 11.4 Å². The Balaban J connectivity index is 1.53. The molecular formula is C23H19ClN4O2S. The molecule has 6 nitrogen and oxygen atoms in total. The molecule has 1 aromatic heterocycles. The van der Waals surface area contributed by atoms with Crippen molar-refractivity contribution in [2.45, 2.75) is 13.8 Å². The zero-order valence-corrected chi connectivity index (χ0v) is 18.4. The van der Waals surface area contributed by atoms with Gasteiger partial charge < -0.3 is 10.6 Å². The van der Waals surface area contributed by atoms with Crippen LogP contribution in [0.1, 0.15) is 19.4 Å². The summed E-state index contributed by atoms with van der Waals surface area (Å²) < 4.78 is 0. The van der Waals surface area contributed by atoms with E-state index in [1.807, 2.05) is 50.3 Å². The summed E-state index contributed by atoms with van der Waals surface area (Å²) in [5.41, 5.74) is 2.91. The van der Waals surface area contributed by atoms with Crippen LogP contribution in [0.15, 0.2) is 64.6 Å². The Morgan fingerprint density at radius 2 is 2.06 bits per heavy atom. The van der Waals surface area contributed by atoms with Crippen LogP contribution >= 0.6 is 23.4 Å². The first-order chi connectivity index (χ1) is 14.9. The Kier molecular flexibility index (Phi) is 6.06. The molecular weight excluding hydrogens is 432 g/mol. The highest BCUT2D eigenvalue weighted by Gasteiger charge is 2.24. The van der Waals surface area contributed by atoms with Gasteiger partial charge >= 0.3 is 0 Å². The number of carbonyl (C=O) groups excluding carboxylic acids is 2. The van der Waals surface area contributed by atoms with Crippen molar-refractivity contribution in [1.82, 2.24) is 10.3 Å². The van der Waals surface area contributed by atoms with Gasteiger partial charge in [-0.05, 0) is 59.8 Å². The molecule has 1 aliphatic heterocycles. The maximum atomic E-state index is 12.4. The van der Waals surface area contributed by atoms with E-state index in [1.54, 1.807) is 24.4 Å². The number of benzene rings is 2. The van der Waals surface area contributed by atoms with E-state index in [1.165, 1.54) is 11.8 Å². The third-order valence-corrected chi connectivity index (χ3v) is 5.75. The van der Waals surface area contributed by atoms with Gasteiger partial charge in [-0.15, -0.1) is 0 Å². The van der Waals surface area contributed by atoms with E-state index in [0.29, 0.717) is 26.5 Å². The number of hydrogen-bond donors (Lipinski definition) is 2. The van der Waals surface area contributed by atoms with Crippen molar-refractivity contribution in [3.63, 3.8) is 0 Å². The van der Waals surface area contributed by atoms with Crippen LogP contribution in [-0.2, 0) is 9.59 Å². The van der Waals surface area contributed by atoms with Crippen LogP contribution in [-0.4, -0.2) is 22.0 Å². The molecule has 31 heavy (non-hydrogen) atoms. The van der Waals surface area contributed by atoms with E-state index in [9.17, 15) is 9.59 Å². The highest BCUT2D eigenvalue weighted by Crippen LogP contribution is 2.32. The molecule has 0 aliphatic carbocycles. The number of carbonyl (C=O) groups is 2. The number of fused-ring (bicyclic) bond motifs is 1. The average Bonchev–Trinajstić information content (AvgIpc) is 3.08. The van der Waals surface area contributed by atoms with Crippen molar-refractivity contribution in [2.75, 3.05) is 5.32 Å². The number of amidine groups is 1. The van der Waals surface area contributed by atoms with E-state index in [4.69, 9.17) is 11.6 Å². The van der Waals surface area contributed by atoms with Gasteiger partial charge in [0.2, 0.25) is 5.91 Å². The van der Waals surface area contributed by atoms with E-state index in [-0.39, 0.29) is 17.7 Å². The predicted octanol–water partition coefficient (Wildman–Crippen LogP) is 5.37. The second kappa shape index (κ2) is 8.91. The Labute approximate surface area is 188 Å². The molecule has 2 N–H and O–H groups in total. The van der Waals surface area contributed by atoms with Gasteiger partial charge in [-0.3, -0.25) is 14.6 Å². The van der Waals surface area contributed by atoms with Crippen LogP contribution in [0.2, 0.25) is 5.02 Å². The molecule has 1 fully saturated rings. The Morgan fingerprint density at radius 3 is 2.84 bits per heavy atom. The van der Waals surface area contributed by atoms with E-state index in [0.717, 1.165) is 16.5 Å². The SMILES string of the molecule is CC(C)C(=O)Nc1ccc(N=C2NC(=O)C(=Cc3ccc4ncccc4c3)S2)c(Cl)c1. The molecule has 0 atom stereocenters. The number of hydrogen-bond acceptors (Lipinski definition) is 5. The molecule has 0 spiro atoms. The second-order valence-electron chi connectivity index (χ2n) is 7.25. The van der Waals surface area contributed by atoms with Crippen molar-refractivity contribution < 1.29 is 9.59 Å². The zero-order valence-electron chi connectivity index (χ0n) is 16.8. The summed E-state index contributed by atoms with van der Waals surface area (Å²) in [6.07, 6.45) is 3.57. The van der Waals surface area contributed by atoms with Crippen molar-refractivity contribution in [3.05, 3.63) is 70.2 Å². The highest BCUT2D eigenvalue weighted by molar-refractivity contribution is 8.18. The maximum absolute atomic E-state index is 12.4. The maximum Gasteiger partial charge on any atom is 0.264 e. The van der Waals surface area contributed by atoms with Gasteiger partial charge in [-0.1, -0.05) is 37.6 Å². The third kappa shape index (κ3) is 4.95. The fraction of sp³-hybridized carbons (Fsp3) is 0.130. The molecule has 0 saturated carbocycles. The number of halogens is 1. The molecule has 8 heteroatoms. The monoisotopic (exact) mass is 450 g/mol. The number of aromatic nitrogens is 1. The lowest BCUT2D eigenvalue weighted by Gasteiger charge is -2.09. The summed E-state index contributed by atoms with van der Waals surface area (Å²) in [6, 6.07) is 14.8. The minimum Gasteiger partial charge on any atom is -0.326 e. The summed E-state index contributed by atoms with van der Waals surface area (Å²) in [4.78, 5) is 33.5. The largest absolute Gasteiger partial charge is 0.326 e. The van der Waals surface area contributed by atoms with Gasteiger partial charge in [0, 0.05) is 23.2 Å². The topological polar surface area (TPSA) is 83.5 Å². The number of anilines is 1. The number of nitrogens with zero attached hydrogens (tertiary/aromatic N) is 2. The summed E-state index contributed by atoms with van der Waals surface area (Å²) in [7, 11) is 0. The van der Waals surface area contributed by atoms with E-state index < -0.39 is 0 Å². The number of thioether (sulfide) groups is 1. The minimum atomic E-state index is -0.216. The average molecular weight is 451 g/mol. The standard InChI is InChI=1S/C23H19ClN4O2S/c1-13(2)21(29)26-16-6-8-19(17(24)12-16)27-23-28-22(30)20(31-23)11-14-5-7-18-15(10-14)4-3-9-25-18/h3-13H,1-2H3,(H,26,29)(H,27,28,30). The van der Waals surface area contributed by atoms with Crippen LogP contribution in [0, 0.1) is 5.92 Å². The van der Waals surface area contributed by atoms with Crippen molar-refractivity contribution in [1.29, 1.82) is 0 Å². The molecule has 4 rings (SSSR count). The van der Waals surface area contributed by atoms with Gasteiger partial charge in [0.05, 0.1) is 21.1 Å². The molecule has 1 saturated heterocycles. The van der Waals surface area contributed by atoms with Gasteiger partial charge in [0.25, 0.3) is 5.91 Å². The molecule has 3 aromatic rings. The van der Waals surface area contributed by atoms with Crippen LogP contribution in [0.5, 0.6) is 0 Å². The lowest BCUT2D eigenvalue weighted by molar-refractivity contribution is -0.119. The number of amides is 2. The van der Waals surface area contributed by atoms with Gasteiger partial charge in [0.15, 0.2) is 5.17 Å². The molecule has 0 radical (unpaired) electrons. The van der Waals surface area contributed by atoms with Crippen molar-refractivity contribution in [3.8, 4) is 0 Å². The number of rotatable bonds is 4. The summed E-state index contributed by atoms with van der Waals surface area (Å²) in [6.45, 7) is 3.63. The fourth-order valence-electron chi connectivity index (χ4n) is 2.89. The number of aliphatic imine (C=N–C) groups is 1. The van der Waals surface area contributed by atoms with Crippen molar-refractivity contribution >= 4 is 68.7 Å². The Morgan fingerprint density at radius 1 is 1.23 bits per heavy atom. The molecule has 1 aliphatic rings. The first-order valence-corrected chi connectivity index (χ1v) is 10.8. The number of pyridine rings is 1. The van der Waals surface area contributed by atoms with Gasteiger partial charge in [-0.25, -0.2) is 4.99 Å². The third-order valence-electron chi connectivity index (χ3n) is 4.54. The molecule has 2 heterocycles. The van der Waals surface area contributed by atoms with E-state index >= 15 is 0 Å². The number of nitrogens with one attached hydrogen (secondary N) is 2. The lowest BCUT2D eigenvalue weighted by Crippen LogP contribution is -2.19. The fourth-order valence-corrected chi connectivity index (χ4v) is 3.94. The van der Waals surface area contributed by atoms with Crippen LogP contribution in [0.3, 0.4) is 0 Å². The lowest BCUT2D eigenvalue weighted by atomic mass is 10.1. The van der Waals surface area contributed by atoms with Gasteiger partial charge in [-0.2, -0.15) is 0 Å². The smallest absolute Gasteiger partial charge is 0.264 e. The molecule has 156 valence electrons. The molecule has 0 unspecified atom stereocenters. The normalized spacial score (nSPS) is 16.3. The Bertz CT molecular complexity index is 1250. The predicted molar refractivity (Wildman–Crippen MR) is 127 cm³/mol. The first kappa shape index (κ1) is 21.1. The van der Waals surface area contributed by atoms with E-state index in [2.05, 4.69) is 20.6 Å². The first-order valence-electron chi connectivity index (χ1n) is 9.64. The molecule has 2 amide bonds. The molecule has 0 bridgehead atoms. The van der Waals surface area contributed by atoms with Gasteiger partial charge in [0.1, 0.15) is 0 Å². The van der Waals surface area contributed by atoms with Crippen LogP contribution < -0.4 is 10.6 Å². The minimum absolute atomic E-state index is 0.0898. The van der Waals surface area contributed by atoms with Crippen molar-refractivity contribution in [2.24, 2.45) is 10.9 Å². The quantitative estimate of drug-likeness (QED) is 0.523. The second-order valence-corrected chi connectivity index (χ2v) is 8.69. The highest BCUT2D eigenvalue weighted by atomic mass is 35.5. The summed E-state index contributed by atoms with van der Waals surface area (Å²) in [5, 5.41) is 7.39. The van der Waals surface area contributed by atoms with Crippen LogP contribution in [0.25, 0.3) is 17.0 Å². The molecule has 2 aromatic carbocycles. The zero-order chi connectivity index (χ0) is 22.0. The summed E-state index contributed by atoms with van der Waals surface area (Å²) in [5.74, 6) is -0.437. The summed E-state index contributed by atoms with van der Waals surface area (Å²) >= 11 is 7.58.